The fourth-order valence-corrected chi connectivity index (χ4v) is 1.76. The largest absolute Gasteiger partial charge is 0.317 e. The van der Waals surface area contributed by atoms with Crippen molar-refractivity contribution in [2.45, 2.75) is 19.3 Å². The van der Waals surface area contributed by atoms with E-state index in [2.05, 4.69) is 20.8 Å². The average Bonchev–Trinajstić information content (AvgIpc) is 2.54. The molecule has 1 aromatic rings. The quantitative estimate of drug-likeness (QED) is 0.683. The monoisotopic (exact) mass is 181 g/mol. The highest BCUT2D eigenvalue weighted by Crippen LogP contribution is 2.15. The van der Waals surface area contributed by atoms with E-state index in [1.807, 2.05) is 7.05 Å². The first-order valence-corrected chi connectivity index (χ1v) is 4.78. The van der Waals surface area contributed by atoms with Crippen molar-refractivity contribution in [3.05, 3.63) is 5.82 Å². The summed E-state index contributed by atoms with van der Waals surface area (Å²) in [5.41, 5.74) is 0. The maximum atomic E-state index is 3.99. The van der Waals surface area contributed by atoms with Crippen LogP contribution in [0.3, 0.4) is 0 Å². The number of nitrogens with one attached hydrogen (secondary N) is 1. The van der Waals surface area contributed by atoms with Crippen LogP contribution >= 0.6 is 0 Å². The molecular formula is C8H15N5. The molecule has 0 aliphatic carbocycles. The summed E-state index contributed by atoms with van der Waals surface area (Å²) in [6.45, 7) is 2.27. The fourth-order valence-electron chi connectivity index (χ4n) is 1.76. The third-order valence-electron chi connectivity index (χ3n) is 2.64. The molecule has 5 heteroatoms. The standard InChI is InChI=1S/C8H15N5/c1-13-8(10-11-12-13)6-7-2-4-9-5-3-7/h7,9H,2-6H2,1H3. The van der Waals surface area contributed by atoms with Crippen LogP contribution in [0, 0.1) is 5.92 Å². The number of nitrogens with zero attached hydrogens (tertiary/aromatic N) is 4. The summed E-state index contributed by atoms with van der Waals surface area (Å²) < 4.78 is 1.77. The van der Waals surface area contributed by atoms with Crippen molar-refractivity contribution in [2.75, 3.05) is 13.1 Å². The summed E-state index contributed by atoms with van der Waals surface area (Å²) in [5.74, 6) is 1.76. The lowest BCUT2D eigenvalue weighted by atomic mass is 9.94. The molecule has 0 aromatic carbocycles. The van der Waals surface area contributed by atoms with Crippen molar-refractivity contribution >= 4 is 0 Å². The lowest BCUT2D eigenvalue weighted by Gasteiger charge is -2.21. The Morgan fingerprint density at radius 2 is 2.23 bits per heavy atom. The zero-order valence-corrected chi connectivity index (χ0v) is 7.90. The molecule has 0 amide bonds. The molecular weight excluding hydrogens is 166 g/mol. The minimum atomic E-state index is 0.756. The molecule has 1 aromatic heterocycles. The number of hydrogen-bond donors (Lipinski definition) is 1. The number of rotatable bonds is 2. The third kappa shape index (κ3) is 2.03. The van der Waals surface area contributed by atoms with Gasteiger partial charge in [0.05, 0.1) is 0 Å². The Labute approximate surface area is 77.5 Å². The van der Waals surface area contributed by atoms with Gasteiger partial charge in [-0.3, -0.25) is 0 Å². The van der Waals surface area contributed by atoms with Crippen molar-refractivity contribution in [3.8, 4) is 0 Å². The highest BCUT2D eigenvalue weighted by molar-refractivity contribution is 4.84. The van der Waals surface area contributed by atoms with Gasteiger partial charge in [-0.1, -0.05) is 0 Å². The van der Waals surface area contributed by atoms with Gasteiger partial charge in [0.1, 0.15) is 0 Å². The fraction of sp³-hybridized carbons (Fsp3) is 0.875. The third-order valence-corrected chi connectivity index (χ3v) is 2.64. The normalized spacial score (nSPS) is 19.2. The van der Waals surface area contributed by atoms with Gasteiger partial charge < -0.3 is 5.32 Å². The Bertz CT molecular complexity index is 263. The molecule has 1 saturated heterocycles. The first kappa shape index (κ1) is 8.62. The van der Waals surface area contributed by atoms with Crippen LogP contribution in [0.2, 0.25) is 0 Å². The molecule has 0 radical (unpaired) electrons. The van der Waals surface area contributed by atoms with E-state index in [9.17, 15) is 0 Å². The summed E-state index contributed by atoms with van der Waals surface area (Å²) in [5, 5.41) is 14.8. The van der Waals surface area contributed by atoms with E-state index in [1.165, 1.54) is 12.8 Å². The first-order chi connectivity index (χ1) is 6.36. The van der Waals surface area contributed by atoms with Crippen molar-refractivity contribution in [3.63, 3.8) is 0 Å². The van der Waals surface area contributed by atoms with Crippen LogP contribution in [-0.2, 0) is 13.5 Å². The zero-order chi connectivity index (χ0) is 9.10. The molecule has 2 rings (SSSR count). The number of piperidine rings is 1. The van der Waals surface area contributed by atoms with E-state index in [0.717, 1.165) is 31.3 Å². The SMILES string of the molecule is Cn1nnnc1CC1CCNCC1. The molecule has 1 aliphatic rings. The van der Waals surface area contributed by atoms with Gasteiger partial charge in [-0.15, -0.1) is 5.10 Å². The molecule has 0 bridgehead atoms. The van der Waals surface area contributed by atoms with Crippen molar-refractivity contribution in [1.82, 2.24) is 25.5 Å². The predicted molar refractivity (Wildman–Crippen MR) is 48.1 cm³/mol. The summed E-state index contributed by atoms with van der Waals surface area (Å²) >= 11 is 0. The van der Waals surface area contributed by atoms with Crippen molar-refractivity contribution in [2.24, 2.45) is 13.0 Å². The van der Waals surface area contributed by atoms with Crippen LogP contribution in [0.4, 0.5) is 0 Å². The average molecular weight is 181 g/mol. The zero-order valence-electron chi connectivity index (χ0n) is 7.90. The topological polar surface area (TPSA) is 55.6 Å². The van der Waals surface area contributed by atoms with Crippen LogP contribution < -0.4 is 5.32 Å². The van der Waals surface area contributed by atoms with E-state index in [-0.39, 0.29) is 0 Å². The lowest BCUT2D eigenvalue weighted by molar-refractivity contribution is 0.363. The predicted octanol–water partition coefficient (Wildman–Crippen LogP) is -0.248. The molecule has 0 saturated carbocycles. The molecule has 0 spiro atoms. The van der Waals surface area contributed by atoms with Gasteiger partial charge in [0.25, 0.3) is 0 Å². The molecule has 1 fully saturated rings. The molecule has 5 nitrogen and oxygen atoms in total. The second kappa shape index (κ2) is 3.83. The van der Waals surface area contributed by atoms with Crippen LogP contribution in [0.5, 0.6) is 0 Å². The van der Waals surface area contributed by atoms with Gasteiger partial charge in [0, 0.05) is 13.5 Å². The van der Waals surface area contributed by atoms with Gasteiger partial charge in [-0.2, -0.15) is 0 Å². The molecule has 13 heavy (non-hydrogen) atoms. The van der Waals surface area contributed by atoms with Gasteiger partial charge in [-0.25, -0.2) is 4.68 Å². The van der Waals surface area contributed by atoms with E-state index < -0.39 is 0 Å². The number of aromatic nitrogens is 4. The second-order valence-corrected chi connectivity index (χ2v) is 3.62. The maximum Gasteiger partial charge on any atom is 0.151 e. The Morgan fingerprint density at radius 3 is 2.85 bits per heavy atom. The molecule has 2 heterocycles. The lowest BCUT2D eigenvalue weighted by Crippen LogP contribution is -2.29. The van der Waals surface area contributed by atoms with Gasteiger partial charge in [0.2, 0.25) is 0 Å². The minimum absolute atomic E-state index is 0.756. The molecule has 0 unspecified atom stereocenters. The van der Waals surface area contributed by atoms with Gasteiger partial charge in [-0.05, 0) is 42.3 Å². The van der Waals surface area contributed by atoms with Crippen LogP contribution in [0.25, 0.3) is 0 Å². The molecule has 1 N–H and O–H groups in total. The maximum absolute atomic E-state index is 3.99. The molecule has 72 valence electrons. The van der Waals surface area contributed by atoms with Crippen molar-refractivity contribution in [1.29, 1.82) is 0 Å². The summed E-state index contributed by atoms with van der Waals surface area (Å²) in [6.07, 6.45) is 3.50. The van der Waals surface area contributed by atoms with Crippen LogP contribution in [0.1, 0.15) is 18.7 Å². The minimum Gasteiger partial charge on any atom is -0.317 e. The number of aryl methyl sites for hydroxylation is 1. The summed E-state index contributed by atoms with van der Waals surface area (Å²) in [4.78, 5) is 0. The Hall–Kier alpha value is -0.970. The van der Waals surface area contributed by atoms with Gasteiger partial charge >= 0.3 is 0 Å². The van der Waals surface area contributed by atoms with E-state index >= 15 is 0 Å². The van der Waals surface area contributed by atoms with Crippen LogP contribution in [-0.4, -0.2) is 33.3 Å². The van der Waals surface area contributed by atoms with E-state index in [0.29, 0.717) is 0 Å². The first-order valence-electron chi connectivity index (χ1n) is 4.78. The second-order valence-electron chi connectivity index (χ2n) is 3.62. The van der Waals surface area contributed by atoms with E-state index in [1.54, 1.807) is 4.68 Å². The Kier molecular flexibility index (Phi) is 2.54. The number of hydrogen-bond acceptors (Lipinski definition) is 4. The Balaban J connectivity index is 1.93. The highest BCUT2D eigenvalue weighted by atomic mass is 15.5. The summed E-state index contributed by atoms with van der Waals surface area (Å²) in [7, 11) is 1.90. The highest BCUT2D eigenvalue weighted by Gasteiger charge is 2.15. The van der Waals surface area contributed by atoms with Crippen molar-refractivity contribution < 1.29 is 0 Å². The Morgan fingerprint density at radius 1 is 1.46 bits per heavy atom. The molecule has 1 aliphatic heterocycles. The van der Waals surface area contributed by atoms with Gasteiger partial charge in [0.15, 0.2) is 5.82 Å². The van der Waals surface area contributed by atoms with Crippen LogP contribution in [0.15, 0.2) is 0 Å². The number of tetrazole rings is 1. The molecule has 0 atom stereocenters. The summed E-state index contributed by atoms with van der Waals surface area (Å²) in [6, 6.07) is 0. The van der Waals surface area contributed by atoms with E-state index in [4.69, 9.17) is 0 Å². The smallest absolute Gasteiger partial charge is 0.151 e.